The topological polar surface area (TPSA) is 12.0 Å². The molecule has 2 rings (SSSR count). The Labute approximate surface area is 122 Å². The zero-order valence-electron chi connectivity index (χ0n) is 11.0. The van der Waals surface area contributed by atoms with Crippen LogP contribution < -0.4 is 5.32 Å². The highest BCUT2D eigenvalue weighted by Crippen LogP contribution is 2.24. The monoisotopic (exact) mass is 297 g/mol. The van der Waals surface area contributed by atoms with Crippen LogP contribution in [0.5, 0.6) is 0 Å². The highest BCUT2D eigenvalue weighted by Gasteiger charge is 2.13. The first-order chi connectivity index (χ1) is 9.06. The molecule has 0 amide bonds. The minimum atomic E-state index is -0.299. The van der Waals surface area contributed by atoms with Gasteiger partial charge in [-0.1, -0.05) is 23.7 Å². The minimum Gasteiger partial charge on any atom is -0.307 e. The fourth-order valence-corrected chi connectivity index (χ4v) is 3.32. The highest BCUT2D eigenvalue weighted by molar-refractivity contribution is 7.09. The van der Waals surface area contributed by atoms with E-state index in [1.54, 1.807) is 17.4 Å². The number of benzene rings is 1. The molecule has 0 saturated heterocycles. The van der Waals surface area contributed by atoms with E-state index in [9.17, 15) is 4.39 Å². The summed E-state index contributed by atoms with van der Waals surface area (Å²) in [5, 5.41) is 6.06. The number of thiophene rings is 1. The molecule has 0 aliphatic rings. The maximum absolute atomic E-state index is 13.0. The Morgan fingerprint density at radius 3 is 2.74 bits per heavy atom. The molecule has 0 radical (unpaired) electrons. The molecule has 102 valence electrons. The third-order valence-electron chi connectivity index (χ3n) is 3.05. The number of rotatable bonds is 5. The molecule has 0 aliphatic heterocycles. The van der Waals surface area contributed by atoms with Crippen LogP contribution in [0.3, 0.4) is 0 Å². The van der Waals surface area contributed by atoms with Gasteiger partial charge in [-0.2, -0.15) is 0 Å². The van der Waals surface area contributed by atoms with Gasteiger partial charge in [-0.05, 0) is 49.4 Å². The van der Waals surface area contributed by atoms with E-state index in [0.29, 0.717) is 11.1 Å². The fourth-order valence-electron chi connectivity index (χ4n) is 2.16. The van der Waals surface area contributed by atoms with Crippen molar-refractivity contribution < 1.29 is 4.39 Å². The van der Waals surface area contributed by atoms with Gasteiger partial charge in [-0.3, -0.25) is 0 Å². The Kier molecular flexibility index (Phi) is 4.97. The highest BCUT2D eigenvalue weighted by atomic mass is 35.5. The Bertz CT molecular complexity index is 527. The van der Waals surface area contributed by atoms with E-state index in [2.05, 4.69) is 29.8 Å². The summed E-state index contributed by atoms with van der Waals surface area (Å²) in [4.78, 5) is 1.36. The van der Waals surface area contributed by atoms with Crippen molar-refractivity contribution >= 4 is 22.9 Å². The van der Waals surface area contributed by atoms with Gasteiger partial charge in [-0.25, -0.2) is 4.39 Å². The molecule has 1 nitrogen and oxygen atoms in total. The second kappa shape index (κ2) is 6.51. The molecular weight excluding hydrogens is 281 g/mol. The lowest BCUT2D eigenvalue weighted by molar-refractivity contribution is 0.478. The Morgan fingerprint density at radius 1 is 1.32 bits per heavy atom. The number of halogens is 2. The molecule has 1 heterocycles. The van der Waals surface area contributed by atoms with Crippen molar-refractivity contribution in [2.45, 2.75) is 32.4 Å². The van der Waals surface area contributed by atoms with Crippen molar-refractivity contribution in [1.82, 2.24) is 5.32 Å². The summed E-state index contributed by atoms with van der Waals surface area (Å²) in [5.41, 5.74) is 0.932. The summed E-state index contributed by atoms with van der Waals surface area (Å²) in [6.45, 7) is 4.19. The zero-order chi connectivity index (χ0) is 13.8. The molecule has 1 N–H and O–H groups in total. The SMILES string of the molecule is CC(Cc1cccs1)NC(C)c1ccc(F)cc1Cl. The molecule has 0 bridgehead atoms. The van der Waals surface area contributed by atoms with E-state index in [4.69, 9.17) is 11.6 Å². The normalized spacial score (nSPS) is 14.3. The molecule has 4 heteroatoms. The van der Waals surface area contributed by atoms with Gasteiger partial charge in [0.1, 0.15) is 5.82 Å². The number of hydrogen-bond acceptors (Lipinski definition) is 2. The molecule has 1 aromatic carbocycles. The molecule has 0 spiro atoms. The summed E-state index contributed by atoms with van der Waals surface area (Å²) in [7, 11) is 0. The minimum absolute atomic E-state index is 0.100. The van der Waals surface area contributed by atoms with Gasteiger partial charge in [0.25, 0.3) is 0 Å². The summed E-state index contributed by atoms with van der Waals surface area (Å²) in [6, 6.07) is 9.19. The molecule has 1 aromatic heterocycles. The van der Waals surface area contributed by atoms with Gasteiger partial charge in [0.15, 0.2) is 0 Å². The first-order valence-corrected chi connectivity index (χ1v) is 7.55. The van der Waals surface area contributed by atoms with E-state index >= 15 is 0 Å². The molecular formula is C15H17ClFNS. The van der Waals surface area contributed by atoms with Crippen LogP contribution >= 0.6 is 22.9 Å². The average Bonchev–Trinajstić information content (AvgIpc) is 2.81. The van der Waals surface area contributed by atoms with E-state index in [0.717, 1.165) is 12.0 Å². The molecule has 0 fully saturated rings. The van der Waals surface area contributed by atoms with Crippen LogP contribution in [0.15, 0.2) is 35.7 Å². The van der Waals surface area contributed by atoms with Crippen LogP contribution in [-0.2, 0) is 6.42 Å². The molecule has 2 unspecified atom stereocenters. The molecule has 0 saturated carbocycles. The smallest absolute Gasteiger partial charge is 0.124 e. The lowest BCUT2D eigenvalue weighted by Gasteiger charge is -2.21. The van der Waals surface area contributed by atoms with Crippen LogP contribution in [0, 0.1) is 5.82 Å². The van der Waals surface area contributed by atoms with Crippen LogP contribution in [-0.4, -0.2) is 6.04 Å². The average molecular weight is 298 g/mol. The van der Waals surface area contributed by atoms with Crippen molar-refractivity contribution in [3.8, 4) is 0 Å². The van der Waals surface area contributed by atoms with Gasteiger partial charge >= 0.3 is 0 Å². The van der Waals surface area contributed by atoms with Crippen LogP contribution in [0.4, 0.5) is 4.39 Å². The first-order valence-electron chi connectivity index (χ1n) is 6.29. The van der Waals surface area contributed by atoms with Crippen molar-refractivity contribution in [3.05, 3.63) is 57.0 Å². The maximum Gasteiger partial charge on any atom is 0.124 e. The quantitative estimate of drug-likeness (QED) is 0.834. The molecule has 2 aromatic rings. The molecule has 19 heavy (non-hydrogen) atoms. The van der Waals surface area contributed by atoms with E-state index in [1.165, 1.54) is 17.0 Å². The van der Waals surface area contributed by atoms with Crippen molar-refractivity contribution in [2.24, 2.45) is 0 Å². The lowest BCUT2D eigenvalue weighted by atomic mass is 10.1. The largest absolute Gasteiger partial charge is 0.307 e. The van der Waals surface area contributed by atoms with E-state index in [-0.39, 0.29) is 11.9 Å². The summed E-state index contributed by atoms with van der Waals surface area (Å²) in [6.07, 6.45) is 0.987. The maximum atomic E-state index is 13.0. The number of hydrogen-bond donors (Lipinski definition) is 1. The summed E-state index contributed by atoms with van der Waals surface area (Å²) < 4.78 is 13.0. The van der Waals surface area contributed by atoms with Gasteiger partial charge in [-0.15, -0.1) is 11.3 Å². The summed E-state index contributed by atoms with van der Waals surface area (Å²) in [5.74, 6) is -0.299. The molecule has 0 aliphatic carbocycles. The Balaban J connectivity index is 1.98. The predicted octanol–water partition coefficient (Wildman–Crippen LogP) is 4.82. The third kappa shape index (κ3) is 4.03. The van der Waals surface area contributed by atoms with Crippen LogP contribution in [0.25, 0.3) is 0 Å². The van der Waals surface area contributed by atoms with E-state index < -0.39 is 0 Å². The second-order valence-electron chi connectivity index (χ2n) is 4.74. The lowest BCUT2D eigenvalue weighted by Crippen LogP contribution is -2.30. The van der Waals surface area contributed by atoms with Crippen molar-refractivity contribution in [2.75, 3.05) is 0 Å². The zero-order valence-corrected chi connectivity index (χ0v) is 12.6. The Hall–Kier alpha value is -0.900. The standard InChI is InChI=1S/C15H17ClFNS/c1-10(8-13-4-3-7-19-13)18-11(2)14-6-5-12(17)9-15(14)16/h3-7,9-11,18H,8H2,1-2H3. The van der Waals surface area contributed by atoms with Crippen LogP contribution in [0.2, 0.25) is 5.02 Å². The van der Waals surface area contributed by atoms with Gasteiger partial charge < -0.3 is 5.32 Å². The summed E-state index contributed by atoms with van der Waals surface area (Å²) >= 11 is 7.84. The predicted molar refractivity (Wildman–Crippen MR) is 80.4 cm³/mol. The van der Waals surface area contributed by atoms with Gasteiger partial charge in [0, 0.05) is 22.0 Å². The second-order valence-corrected chi connectivity index (χ2v) is 6.18. The Morgan fingerprint density at radius 2 is 2.11 bits per heavy atom. The van der Waals surface area contributed by atoms with Crippen molar-refractivity contribution in [3.63, 3.8) is 0 Å². The van der Waals surface area contributed by atoms with Crippen LogP contribution in [0.1, 0.15) is 30.3 Å². The van der Waals surface area contributed by atoms with Gasteiger partial charge in [0.2, 0.25) is 0 Å². The molecule has 2 atom stereocenters. The van der Waals surface area contributed by atoms with E-state index in [1.807, 2.05) is 6.92 Å². The first kappa shape index (κ1) is 14.5. The van der Waals surface area contributed by atoms with Crippen molar-refractivity contribution in [1.29, 1.82) is 0 Å². The third-order valence-corrected chi connectivity index (χ3v) is 4.28. The fraction of sp³-hybridized carbons (Fsp3) is 0.333. The van der Waals surface area contributed by atoms with Gasteiger partial charge in [0.05, 0.1) is 0 Å². The number of nitrogens with one attached hydrogen (secondary N) is 1.